The second-order valence-electron chi connectivity index (χ2n) is 5.01. The fraction of sp³-hybridized carbons (Fsp3) is 0.176. The van der Waals surface area contributed by atoms with Crippen LogP contribution in [0.15, 0.2) is 58.3 Å². The number of hydrogen-bond acceptors (Lipinski definition) is 5. The summed E-state index contributed by atoms with van der Waals surface area (Å²) in [5.74, 6) is -0.321. The summed E-state index contributed by atoms with van der Waals surface area (Å²) in [6.45, 7) is 0.0487. The van der Waals surface area contributed by atoms with Gasteiger partial charge in [0.15, 0.2) is 0 Å². The average molecular weight is 375 g/mol. The summed E-state index contributed by atoms with van der Waals surface area (Å²) in [6, 6.07) is 14.9. The molecule has 0 aromatic heterocycles. The molecule has 0 spiro atoms. The Hall–Kier alpha value is -2.34. The minimum atomic E-state index is -3.68. The maximum atomic E-state index is 12.2. The van der Waals surface area contributed by atoms with Crippen molar-refractivity contribution < 1.29 is 13.2 Å². The van der Waals surface area contributed by atoms with Gasteiger partial charge in [0.1, 0.15) is 0 Å². The zero-order valence-corrected chi connectivity index (χ0v) is 15.2. The van der Waals surface area contributed by atoms with E-state index in [1.165, 1.54) is 24.3 Å². The minimum Gasteiger partial charge on any atom is -0.322 e. The van der Waals surface area contributed by atoms with E-state index in [2.05, 4.69) is 10.0 Å². The summed E-state index contributed by atoms with van der Waals surface area (Å²) in [5.41, 5.74) is 1.02. The highest BCUT2D eigenvalue weighted by atomic mass is 32.2. The quantitative estimate of drug-likeness (QED) is 0.573. The molecule has 0 aliphatic carbocycles. The third-order valence-electron chi connectivity index (χ3n) is 3.30. The molecule has 0 bridgehead atoms. The van der Waals surface area contributed by atoms with E-state index >= 15 is 0 Å². The lowest BCUT2D eigenvalue weighted by Gasteiger charge is -2.08. The fourth-order valence-electron chi connectivity index (χ4n) is 1.99. The van der Waals surface area contributed by atoms with Gasteiger partial charge in [0, 0.05) is 29.1 Å². The highest BCUT2D eigenvalue weighted by Crippen LogP contribution is 2.18. The smallest absolute Gasteiger partial charge is 0.255 e. The standard InChI is InChI=1S/C17H17N3O3S2/c1-24-15-7-5-14(6-8-15)20-17(21)13-3-9-16(10-4-13)25(22,23)19-12-2-11-18/h3-10,19H,2,12H2,1H3,(H,20,21). The molecule has 0 saturated carbocycles. The van der Waals surface area contributed by atoms with Gasteiger partial charge in [-0.1, -0.05) is 0 Å². The molecule has 0 radical (unpaired) electrons. The van der Waals surface area contributed by atoms with Crippen molar-refractivity contribution in [1.82, 2.24) is 4.72 Å². The fourth-order valence-corrected chi connectivity index (χ4v) is 3.43. The van der Waals surface area contributed by atoms with Crippen molar-refractivity contribution in [3.63, 3.8) is 0 Å². The van der Waals surface area contributed by atoms with Crippen LogP contribution in [0.4, 0.5) is 5.69 Å². The number of benzene rings is 2. The van der Waals surface area contributed by atoms with Crippen LogP contribution in [0.5, 0.6) is 0 Å². The van der Waals surface area contributed by atoms with Crippen LogP contribution < -0.4 is 10.0 Å². The number of carbonyl (C=O) groups excluding carboxylic acids is 1. The SMILES string of the molecule is CSc1ccc(NC(=O)c2ccc(S(=O)(=O)NCCC#N)cc2)cc1. The molecular formula is C17H17N3O3S2. The maximum absolute atomic E-state index is 12.2. The van der Waals surface area contributed by atoms with Gasteiger partial charge in [0.05, 0.1) is 11.0 Å². The summed E-state index contributed by atoms with van der Waals surface area (Å²) >= 11 is 1.61. The Morgan fingerprint density at radius 3 is 2.32 bits per heavy atom. The van der Waals surface area contributed by atoms with Gasteiger partial charge in [0.25, 0.3) is 5.91 Å². The normalized spacial score (nSPS) is 10.9. The molecule has 0 unspecified atom stereocenters. The van der Waals surface area contributed by atoms with Crippen molar-refractivity contribution in [2.24, 2.45) is 0 Å². The van der Waals surface area contributed by atoms with Crippen LogP contribution in [0.1, 0.15) is 16.8 Å². The predicted molar refractivity (Wildman–Crippen MR) is 98.0 cm³/mol. The average Bonchev–Trinajstić information content (AvgIpc) is 2.62. The number of carbonyl (C=O) groups is 1. The Morgan fingerprint density at radius 2 is 1.76 bits per heavy atom. The van der Waals surface area contributed by atoms with Crippen molar-refractivity contribution in [3.8, 4) is 6.07 Å². The van der Waals surface area contributed by atoms with Crippen LogP contribution in [0.25, 0.3) is 0 Å². The molecule has 2 aromatic rings. The molecule has 2 rings (SSSR count). The molecule has 0 aliphatic rings. The third-order valence-corrected chi connectivity index (χ3v) is 5.52. The van der Waals surface area contributed by atoms with Crippen molar-refractivity contribution in [2.75, 3.05) is 18.1 Å². The van der Waals surface area contributed by atoms with Crippen LogP contribution in [0, 0.1) is 11.3 Å². The first-order valence-corrected chi connectivity index (χ1v) is 10.1. The Bertz CT molecular complexity index is 871. The third kappa shape index (κ3) is 5.32. The molecule has 1 amide bonds. The van der Waals surface area contributed by atoms with Gasteiger partial charge in [-0.25, -0.2) is 13.1 Å². The van der Waals surface area contributed by atoms with Crippen molar-refractivity contribution >= 4 is 33.4 Å². The highest BCUT2D eigenvalue weighted by Gasteiger charge is 2.14. The number of nitrogens with zero attached hydrogens (tertiary/aromatic N) is 1. The van der Waals surface area contributed by atoms with Crippen molar-refractivity contribution in [3.05, 3.63) is 54.1 Å². The number of nitriles is 1. The molecule has 25 heavy (non-hydrogen) atoms. The van der Waals surface area contributed by atoms with Crippen LogP contribution in [0.3, 0.4) is 0 Å². The lowest BCUT2D eigenvalue weighted by Crippen LogP contribution is -2.24. The number of sulfonamides is 1. The summed E-state index contributed by atoms with van der Waals surface area (Å²) in [6.07, 6.45) is 2.06. The van der Waals surface area contributed by atoms with Gasteiger partial charge >= 0.3 is 0 Å². The van der Waals surface area contributed by atoms with Gasteiger partial charge in [-0.05, 0) is 54.8 Å². The molecule has 0 atom stereocenters. The number of nitrogens with one attached hydrogen (secondary N) is 2. The highest BCUT2D eigenvalue weighted by molar-refractivity contribution is 7.98. The molecule has 2 N–H and O–H groups in total. The van der Waals surface area contributed by atoms with E-state index in [0.29, 0.717) is 11.3 Å². The molecule has 0 heterocycles. The molecule has 130 valence electrons. The van der Waals surface area contributed by atoms with E-state index in [1.54, 1.807) is 11.8 Å². The summed E-state index contributed by atoms with van der Waals surface area (Å²) in [4.78, 5) is 13.4. The maximum Gasteiger partial charge on any atom is 0.255 e. The number of anilines is 1. The Labute approximate surface area is 151 Å². The molecule has 0 fully saturated rings. The van der Waals surface area contributed by atoms with Crippen LogP contribution in [-0.2, 0) is 10.0 Å². The summed E-state index contributed by atoms with van der Waals surface area (Å²) in [5, 5.41) is 11.2. The summed E-state index contributed by atoms with van der Waals surface area (Å²) in [7, 11) is -3.68. The van der Waals surface area contributed by atoms with E-state index in [4.69, 9.17) is 5.26 Å². The molecule has 2 aromatic carbocycles. The Kier molecular flexibility index (Phi) is 6.58. The second kappa shape index (κ2) is 8.67. The topological polar surface area (TPSA) is 99.1 Å². The van der Waals surface area contributed by atoms with E-state index in [0.717, 1.165) is 4.90 Å². The van der Waals surface area contributed by atoms with E-state index in [9.17, 15) is 13.2 Å². The summed E-state index contributed by atoms with van der Waals surface area (Å²) < 4.78 is 26.4. The van der Waals surface area contributed by atoms with Crippen LogP contribution in [0.2, 0.25) is 0 Å². The van der Waals surface area contributed by atoms with E-state index in [1.807, 2.05) is 36.6 Å². The Morgan fingerprint density at radius 1 is 1.12 bits per heavy atom. The first-order valence-electron chi connectivity index (χ1n) is 7.38. The first-order chi connectivity index (χ1) is 12.0. The number of thioether (sulfide) groups is 1. The zero-order chi connectivity index (χ0) is 18.3. The van der Waals surface area contributed by atoms with E-state index in [-0.39, 0.29) is 23.8 Å². The molecule has 6 nitrogen and oxygen atoms in total. The number of hydrogen-bond donors (Lipinski definition) is 2. The monoisotopic (exact) mass is 375 g/mol. The van der Waals surface area contributed by atoms with Crippen LogP contribution >= 0.6 is 11.8 Å². The van der Waals surface area contributed by atoms with Gasteiger partial charge in [-0.3, -0.25) is 4.79 Å². The second-order valence-corrected chi connectivity index (χ2v) is 7.66. The first kappa shape index (κ1) is 19.0. The van der Waals surface area contributed by atoms with Crippen LogP contribution in [-0.4, -0.2) is 27.1 Å². The van der Waals surface area contributed by atoms with Gasteiger partial charge < -0.3 is 5.32 Å². The molecule has 8 heteroatoms. The lowest BCUT2D eigenvalue weighted by atomic mass is 10.2. The minimum absolute atomic E-state index is 0.0475. The largest absolute Gasteiger partial charge is 0.322 e. The van der Waals surface area contributed by atoms with Gasteiger partial charge in [0.2, 0.25) is 10.0 Å². The zero-order valence-electron chi connectivity index (χ0n) is 13.5. The van der Waals surface area contributed by atoms with Crippen molar-refractivity contribution in [1.29, 1.82) is 5.26 Å². The predicted octanol–water partition coefficient (Wildman–Crippen LogP) is 2.85. The van der Waals surface area contributed by atoms with Gasteiger partial charge in [-0.15, -0.1) is 11.8 Å². The molecular weight excluding hydrogens is 358 g/mol. The van der Waals surface area contributed by atoms with Gasteiger partial charge in [-0.2, -0.15) is 5.26 Å². The molecule has 0 saturated heterocycles. The lowest BCUT2D eigenvalue weighted by molar-refractivity contribution is 0.102. The number of rotatable bonds is 7. The Balaban J connectivity index is 2.05. The molecule has 0 aliphatic heterocycles. The van der Waals surface area contributed by atoms with Crippen molar-refractivity contribution in [2.45, 2.75) is 16.2 Å². The van der Waals surface area contributed by atoms with E-state index < -0.39 is 10.0 Å². The number of amides is 1.